The van der Waals surface area contributed by atoms with E-state index in [0.717, 1.165) is 35.4 Å². The van der Waals surface area contributed by atoms with Crippen molar-refractivity contribution in [2.45, 2.75) is 12.8 Å². The molecular weight excluding hydrogens is 653 g/mol. The van der Waals surface area contributed by atoms with E-state index in [1.165, 1.54) is 22.3 Å². The summed E-state index contributed by atoms with van der Waals surface area (Å²) >= 11 is 0. The first-order chi connectivity index (χ1) is 18.8. The molecular formula is C36H28IrN2-2. The van der Waals surface area contributed by atoms with E-state index in [1.807, 2.05) is 73.1 Å². The molecule has 0 amide bonds. The maximum Gasteiger partial charge on any atom is 0.0163 e. The van der Waals surface area contributed by atoms with Gasteiger partial charge in [0.25, 0.3) is 0 Å². The van der Waals surface area contributed by atoms with E-state index in [2.05, 4.69) is 94.9 Å². The Morgan fingerprint density at radius 3 is 1.69 bits per heavy atom. The molecule has 1 radical (unpaired) electrons. The normalized spacial score (nSPS) is 10.1. The number of aromatic nitrogens is 2. The van der Waals surface area contributed by atoms with Crippen molar-refractivity contribution in [3.8, 4) is 22.5 Å². The minimum absolute atomic E-state index is 0. The summed E-state index contributed by atoms with van der Waals surface area (Å²) in [6.07, 6.45) is 5.56. The third-order valence-corrected chi connectivity index (χ3v) is 6.12. The molecule has 4 aromatic carbocycles. The Morgan fingerprint density at radius 2 is 1.05 bits per heavy atom. The van der Waals surface area contributed by atoms with Gasteiger partial charge in [-0.3, -0.25) is 0 Å². The molecule has 0 fully saturated rings. The molecule has 0 aliphatic rings. The number of benzene rings is 4. The molecule has 0 N–H and O–H groups in total. The Bertz CT molecular complexity index is 1420. The molecule has 0 bridgehead atoms. The van der Waals surface area contributed by atoms with Crippen molar-refractivity contribution < 1.29 is 20.1 Å². The fraction of sp³-hybridized carbons (Fsp3) is 0.0556. The van der Waals surface area contributed by atoms with Crippen LogP contribution in [0.25, 0.3) is 22.5 Å². The van der Waals surface area contributed by atoms with Crippen molar-refractivity contribution >= 4 is 0 Å². The fourth-order valence-corrected chi connectivity index (χ4v) is 4.24. The molecule has 0 aliphatic heterocycles. The van der Waals surface area contributed by atoms with E-state index in [1.54, 1.807) is 0 Å². The van der Waals surface area contributed by atoms with Crippen LogP contribution in [0.3, 0.4) is 0 Å². The molecule has 39 heavy (non-hydrogen) atoms. The van der Waals surface area contributed by atoms with Crippen LogP contribution in [0.1, 0.15) is 22.3 Å². The zero-order chi connectivity index (χ0) is 25.8. The first-order valence-corrected chi connectivity index (χ1v) is 12.8. The van der Waals surface area contributed by atoms with Gasteiger partial charge >= 0.3 is 0 Å². The first-order valence-electron chi connectivity index (χ1n) is 12.8. The summed E-state index contributed by atoms with van der Waals surface area (Å²) in [4.78, 5) is 8.79. The zero-order valence-corrected chi connectivity index (χ0v) is 23.9. The zero-order valence-electron chi connectivity index (χ0n) is 21.5. The van der Waals surface area contributed by atoms with Crippen molar-refractivity contribution in [3.05, 3.63) is 180 Å². The smallest absolute Gasteiger partial charge is 0.0163 e. The summed E-state index contributed by atoms with van der Waals surface area (Å²) in [5.41, 5.74) is 9.23. The quantitative estimate of drug-likeness (QED) is 0.166. The second kappa shape index (κ2) is 14.7. The third-order valence-electron chi connectivity index (χ3n) is 6.12. The predicted octanol–water partition coefficient (Wildman–Crippen LogP) is 8.28. The number of hydrogen-bond acceptors (Lipinski definition) is 2. The Kier molecular flexibility index (Phi) is 10.5. The summed E-state index contributed by atoms with van der Waals surface area (Å²) in [5, 5.41) is 0. The molecule has 6 rings (SSSR count). The SMILES string of the molecule is [Ir].[c-]1ccc(Cc2ccccc2)cc1-c1ccccn1.[c-]1ccccc1-c1cc(Cc2ccccc2)ccn1. The van der Waals surface area contributed by atoms with Crippen LogP contribution in [0.2, 0.25) is 0 Å². The maximum atomic E-state index is 4.42. The van der Waals surface area contributed by atoms with Gasteiger partial charge < -0.3 is 9.97 Å². The van der Waals surface area contributed by atoms with E-state index < -0.39 is 0 Å². The summed E-state index contributed by atoms with van der Waals surface area (Å²) in [6, 6.07) is 51.8. The van der Waals surface area contributed by atoms with Gasteiger partial charge in [-0.15, -0.1) is 71.3 Å². The number of hydrogen-bond donors (Lipinski definition) is 0. The Hall–Kier alpha value is -4.17. The van der Waals surface area contributed by atoms with Crippen LogP contribution >= 0.6 is 0 Å². The van der Waals surface area contributed by atoms with E-state index in [-0.39, 0.29) is 20.1 Å². The van der Waals surface area contributed by atoms with Crippen molar-refractivity contribution in [2.75, 3.05) is 0 Å². The summed E-state index contributed by atoms with van der Waals surface area (Å²) in [6.45, 7) is 0. The maximum absolute atomic E-state index is 4.42. The van der Waals surface area contributed by atoms with Crippen molar-refractivity contribution in [1.29, 1.82) is 0 Å². The second-order valence-corrected chi connectivity index (χ2v) is 8.98. The number of pyridine rings is 2. The van der Waals surface area contributed by atoms with Crippen LogP contribution < -0.4 is 0 Å². The molecule has 193 valence electrons. The van der Waals surface area contributed by atoms with Gasteiger partial charge in [0.05, 0.1) is 0 Å². The summed E-state index contributed by atoms with van der Waals surface area (Å²) in [5.74, 6) is 0. The largest absolute Gasteiger partial charge is 0.305 e. The van der Waals surface area contributed by atoms with Gasteiger partial charge in [0.1, 0.15) is 0 Å². The average molecular weight is 681 g/mol. The van der Waals surface area contributed by atoms with Crippen LogP contribution in [0.15, 0.2) is 146 Å². The summed E-state index contributed by atoms with van der Waals surface area (Å²) < 4.78 is 0. The molecule has 6 aromatic rings. The number of nitrogens with zero attached hydrogens (tertiary/aromatic N) is 2. The van der Waals surface area contributed by atoms with Crippen LogP contribution in [-0.4, -0.2) is 9.97 Å². The molecule has 0 aliphatic carbocycles. The first kappa shape index (κ1) is 27.9. The van der Waals surface area contributed by atoms with Crippen molar-refractivity contribution in [3.63, 3.8) is 0 Å². The average Bonchev–Trinajstić information content (AvgIpc) is 3.00. The third kappa shape index (κ3) is 8.41. The number of rotatable bonds is 6. The molecule has 0 atom stereocenters. The van der Waals surface area contributed by atoms with Crippen LogP contribution in [0.5, 0.6) is 0 Å². The van der Waals surface area contributed by atoms with E-state index in [4.69, 9.17) is 0 Å². The van der Waals surface area contributed by atoms with Gasteiger partial charge in [0.2, 0.25) is 0 Å². The molecule has 3 heteroatoms. The van der Waals surface area contributed by atoms with Crippen molar-refractivity contribution in [2.24, 2.45) is 0 Å². The Labute approximate surface area is 244 Å². The minimum Gasteiger partial charge on any atom is -0.305 e. The summed E-state index contributed by atoms with van der Waals surface area (Å²) in [7, 11) is 0. The standard InChI is InChI=1S/2C18H14N.Ir/c1-3-7-15(8-4-1)13-16-11-12-19-18(14-16)17-9-5-2-6-10-17;1-2-7-15(8-3-1)13-16-9-6-10-17(14-16)18-11-4-5-12-19-18;/h2*1-9,11-12,14H,13H2;/q2*-1;. The van der Waals surface area contributed by atoms with E-state index in [0.29, 0.717) is 0 Å². The molecule has 0 spiro atoms. The van der Waals surface area contributed by atoms with Gasteiger partial charge in [-0.05, 0) is 53.1 Å². The molecule has 2 aromatic heterocycles. The minimum atomic E-state index is 0. The van der Waals surface area contributed by atoms with E-state index in [9.17, 15) is 0 Å². The van der Waals surface area contributed by atoms with Gasteiger partial charge in [-0.2, -0.15) is 0 Å². The van der Waals surface area contributed by atoms with Crippen LogP contribution in [0, 0.1) is 12.1 Å². The second-order valence-electron chi connectivity index (χ2n) is 8.98. The van der Waals surface area contributed by atoms with Crippen LogP contribution in [0.4, 0.5) is 0 Å². The monoisotopic (exact) mass is 681 g/mol. The topological polar surface area (TPSA) is 25.8 Å². The Balaban J connectivity index is 0.000000176. The molecule has 0 saturated carbocycles. The molecule has 2 nitrogen and oxygen atoms in total. The van der Waals surface area contributed by atoms with Gasteiger partial charge in [-0.1, -0.05) is 78.9 Å². The fourth-order valence-electron chi connectivity index (χ4n) is 4.24. The predicted molar refractivity (Wildman–Crippen MR) is 156 cm³/mol. The van der Waals surface area contributed by atoms with Crippen molar-refractivity contribution in [1.82, 2.24) is 9.97 Å². The molecule has 2 heterocycles. The van der Waals surface area contributed by atoms with E-state index >= 15 is 0 Å². The molecule has 0 saturated heterocycles. The van der Waals surface area contributed by atoms with Gasteiger partial charge in [0.15, 0.2) is 0 Å². The molecule has 0 unspecified atom stereocenters. The Morgan fingerprint density at radius 1 is 0.436 bits per heavy atom. The van der Waals surface area contributed by atoms with Gasteiger partial charge in [0, 0.05) is 32.5 Å². The van der Waals surface area contributed by atoms with Gasteiger partial charge in [-0.25, -0.2) is 0 Å². The van der Waals surface area contributed by atoms with Crippen LogP contribution in [-0.2, 0) is 32.9 Å².